The molecule has 3 aromatic rings. The summed E-state index contributed by atoms with van der Waals surface area (Å²) in [4.78, 5) is 14.6. The van der Waals surface area contributed by atoms with Gasteiger partial charge in [0, 0.05) is 18.7 Å². The fourth-order valence-corrected chi connectivity index (χ4v) is 3.69. The molecule has 1 aromatic heterocycles. The Balaban J connectivity index is 1.27. The van der Waals surface area contributed by atoms with Gasteiger partial charge in [-0.2, -0.15) is 0 Å². The Morgan fingerprint density at radius 1 is 1.00 bits per heavy atom. The number of carbonyl (C=O) groups excluding carboxylic acids is 1. The maximum absolute atomic E-state index is 13.1. The van der Waals surface area contributed by atoms with Gasteiger partial charge >= 0.3 is 0 Å². The molecular formula is C24H24F2N4O2. The number of nitrogens with one attached hydrogen (secondary N) is 1. The zero-order valence-corrected chi connectivity index (χ0v) is 17.5. The van der Waals surface area contributed by atoms with Gasteiger partial charge in [-0.25, -0.2) is 8.78 Å². The summed E-state index contributed by atoms with van der Waals surface area (Å²) in [5, 5.41) is 11.5. The van der Waals surface area contributed by atoms with Crippen LogP contribution in [-0.2, 0) is 4.79 Å². The van der Waals surface area contributed by atoms with E-state index in [-0.39, 0.29) is 23.5 Å². The third kappa shape index (κ3) is 5.57. The summed E-state index contributed by atoms with van der Waals surface area (Å²) in [5.74, 6) is 0.502. The minimum Gasteiger partial charge on any atom is -0.492 e. The number of rotatable bonds is 7. The zero-order chi connectivity index (χ0) is 22.3. The number of amides is 1. The Hall–Kier alpha value is -3.55. The van der Waals surface area contributed by atoms with Crippen LogP contribution >= 0.6 is 0 Å². The van der Waals surface area contributed by atoms with Crippen molar-refractivity contribution in [3.05, 3.63) is 72.3 Å². The molecule has 32 heavy (non-hydrogen) atoms. The van der Waals surface area contributed by atoms with Crippen molar-refractivity contribution in [2.45, 2.75) is 12.8 Å². The fraction of sp³-hybridized carbons (Fsp3) is 0.292. The van der Waals surface area contributed by atoms with E-state index in [9.17, 15) is 13.6 Å². The van der Waals surface area contributed by atoms with Crippen molar-refractivity contribution < 1.29 is 18.3 Å². The van der Waals surface area contributed by atoms with Crippen LogP contribution in [0.5, 0.6) is 5.75 Å². The smallest absolute Gasteiger partial charge is 0.225 e. The van der Waals surface area contributed by atoms with Gasteiger partial charge in [0.1, 0.15) is 24.0 Å². The van der Waals surface area contributed by atoms with Crippen molar-refractivity contribution in [2.24, 2.45) is 5.92 Å². The number of aromatic nitrogens is 2. The molecule has 8 heteroatoms. The van der Waals surface area contributed by atoms with Crippen LogP contribution in [0.1, 0.15) is 12.8 Å². The maximum atomic E-state index is 13.1. The quantitative estimate of drug-likeness (QED) is 0.568. The summed E-state index contributed by atoms with van der Waals surface area (Å²) >= 11 is 0. The number of hydrogen-bond donors (Lipinski definition) is 1. The number of halogens is 2. The minimum atomic E-state index is -0.317. The van der Waals surface area contributed by atoms with Crippen LogP contribution in [0.4, 0.5) is 14.6 Å². The first-order chi connectivity index (χ1) is 15.6. The first-order valence-electron chi connectivity index (χ1n) is 10.6. The van der Waals surface area contributed by atoms with Crippen LogP contribution in [0.25, 0.3) is 11.3 Å². The first-order valence-corrected chi connectivity index (χ1v) is 10.6. The van der Waals surface area contributed by atoms with Gasteiger partial charge in [0.2, 0.25) is 5.91 Å². The molecule has 1 N–H and O–H groups in total. The van der Waals surface area contributed by atoms with Gasteiger partial charge in [0.05, 0.1) is 18.2 Å². The highest BCUT2D eigenvalue weighted by atomic mass is 19.1. The van der Waals surface area contributed by atoms with Gasteiger partial charge in [-0.15, -0.1) is 10.2 Å². The molecule has 2 heterocycles. The molecule has 1 fully saturated rings. The number of nitrogens with zero attached hydrogens (tertiary/aromatic N) is 3. The molecule has 2 aromatic carbocycles. The van der Waals surface area contributed by atoms with Gasteiger partial charge in [-0.3, -0.25) is 4.79 Å². The van der Waals surface area contributed by atoms with E-state index in [0.717, 1.165) is 24.9 Å². The summed E-state index contributed by atoms with van der Waals surface area (Å²) in [6, 6.07) is 15.6. The molecule has 1 aliphatic rings. The summed E-state index contributed by atoms with van der Waals surface area (Å²) in [7, 11) is 0. The highest BCUT2D eigenvalue weighted by Gasteiger charge is 2.26. The van der Waals surface area contributed by atoms with Gasteiger partial charge in [0.15, 0.2) is 5.82 Å². The van der Waals surface area contributed by atoms with Gasteiger partial charge in [0.25, 0.3) is 0 Å². The highest BCUT2D eigenvalue weighted by Crippen LogP contribution is 2.23. The molecule has 1 amide bonds. The third-order valence-corrected chi connectivity index (χ3v) is 5.39. The Kier molecular flexibility index (Phi) is 6.89. The van der Waals surface area contributed by atoms with E-state index in [1.807, 2.05) is 12.1 Å². The molecule has 0 saturated carbocycles. The lowest BCUT2D eigenvalue weighted by Crippen LogP contribution is -2.44. The van der Waals surface area contributed by atoms with Crippen LogP contribution in [0.2, 0.25) is 0 Å². The average molecular weight is 438 g/mol. The van der Waals surface area contributed by atoms with E-state index in [1.54, 1.807) is 24.3 Å². The predicted molar refractivity (Wildman–Crippen MR) is 117 cm³/mol. The Labute approximate surface area is 185 Å². The SMILES string of the molecule is O=C(NCCOc1ccc(F)cc1)C1CCCN(c2ccc(-c3ccc(F)cc3)nn2)C1. The number of ether oxygens (including phenoxy) is 1. The first kappa shape index (κ1) is 21.7. The lowest BCUT2D eigenvalue weighted by molar-refractivity contribution is -0.125. The molecule has 0 spiro atoms. The van der Waals surface area contributed by atoms with Crippen molar-refractivity contribution >= 4 is 11.7 Å². The van der Waals surface area contributed by atoms with Crippen molar-refractivity contribution in [1.82, 2.24) is 15.5 Å². The second-order valence-electron chi connectivity index (χ2n) is 7.66. The summed E-state index contributed by atoms with van der Waals surface area (Å²) in [6.45, 7) is 2.06. The molecule has 0 aliphatic carbocycles. The number of hydrogen-bond acceptors (Lipinski definition) is 5. The molecule has 1 aliphatic heterocycles. The molecule has 0 radical (unpaired) electrons. The van der Waals surface area contributed by atoms with Gasteiger partial charge < -0.3 is 15.0 Å². The highest BCUT2D eigenvalue weighted by molar-refractivity contribution is 5.79. The maximum Gasteiger partial charge on any atom is 0.225 e. The number of piperidine rings is 1. The topological polar surface area (TPSA) is 67.3 Å². The van der Waals surface area contributed by atoms with Crippen LogP contribution in [0.3, 0.4) is 0 Å². The van der Waals surface area contributed by atoms with Gasteiger partial charge in [-0.05, 0) is 73.5 Å². The van der Waals surface area contributed by atoms with E-state index in [0.29, 0.717) is 37.0 Å². The lowest BCUT2D eigenvalue weighted by atomic mass is 9.97. The molecule has 1 atom stereocenters. The largest absolute Gasteiger partial charge is 0.492 e. The van der Waals surface area contributed by atoms with E-state index in [1.165, 1.54) is 24.3 Å². The minimum absolute atomic E-state index is 0.0201. The van der Waals surface area contributed by atoms with Crippen LogP contribution in [0, 0.1) is 17.6 Å². The van der Waals surface area contributed by atoms with Crippen molar-refractivity contribution in [3.8, 4) is 17.0 Å². The molecule has 1 unspecified atom stereocenters. The summed E-state index contributed by atoms with van der Waals surface area (Å²) < 4.78 is 31.5. The van der Waals surface area contributed by atoms with Crippen molar-refractivity contribution in [3.63, 3.8) is 0 Å². The van der Waals surface area contributed by atoms with Crippen molar-refractivity contribution in [1.29, 1.82) is 0 Å². The van der Waals surface area contributed by atoms with Crippen LogP contribution in [-0.4, -0.2) is 42.3 Å². The number of benzene rings is 2. The summed E-state index contributed by atoms with van der Waals surface area (Å²) in [6.07, 6.45) is 1.69. The zero-order valence-electron chi connectivity index (χ0n) is 17.5. The Morgan fingerprint density at radius 2 is 1.72 bits per heavy atom. The molecule has 6 nitrogen and oxygen atoms in total. The molecule has 166 valence electrons. The van der Waals surface area contributed by atoms with E-state index >= 15 is 0 Å². The standard InChI is InChI=1S/C24H24F2N4O2/c25-19-5-3-17(4-6-19)22-11-12-23(29-28-22)30-14-1-2-18(16-30)24(31)27-13-15-32-21-9-7-20(26)8-10-21/h3-12,18H,1-2,13-16H2,(H,27,31). The van der Waals surface area contributed by atoms with Crippen LogP contribution in [0.15, 0.2) is 60.7 Å². The fourth-order valence-electron chi connectivity index (χ4n) is 3.69. The normalized spacial score (nSPS) is 15.9. The Morgan fingerprint density at radius 3 is 2.41 bits per heavy atom. The predicted octanol–water partition coefficient (Wildman–Crippen LogP) is 3.83. The second-order valence-corrected chi connectivity index (χ2v) is 7.66. The van der Waals surface area contributed by atoms with E-state index in [2.05, 4.69) is 20.4 Å². The Bertz CT molecular complexity index is 1030. The molecule has 1 saturated heterocycles. The molecular weight excluding hydrogens is 414 g/mol. The average Bonchev–Trinajstić information content (AvgIpc) is 2.83. The third-order valence-electron chi connectivity index (χ3n) is 5.39. The second kappa shape index (κ2) is 10.2. The molecule has 4 rings (SSSR count). The number of anilines is 1. The number of carbonyl (C=O) groups is 1. The van der Waals surface area contributed by atoms with E-state index in [4.69, 9.17) is 4.74 Å². The monoisotopic (exact) mass is 438 g/mol. The van der Waals surface area contributed by atoms with Crippen molar-refractivity contribution in [2.75, 3.05) is 31.1 Å². The van der Waals surface area contributed by atoms with E-state index < -0.39 is 0 Å². The lowest BCUT2D eigenvalue weighted by Gasteiger charge is -2.32. The molecule has 0 bridgehead atoms. The van der Waals surface area contributed by atoms with Gasteiger partial charge in [-0.1, -0.05) is 0 Å². The van der Waals surface area contributed by atoms with Crippen LogP contribution < -0.4 is 15.0 Å². The summed E-state index contributed by atoms with van der Waals surface area (Å²) in [5.41, 5.74) is 1.46.